The molecule has 0 aliphatic rings. The molecular weight excluding hydrogens is 293 g/mol. The van der Waals surface area contributed by atoms with E-state index in [4.69, 9.17) is 21.1 Å². The molecule has 21 heavy (non-hydrogen) atoms. The monoisotopic (exact) mass is 309 g/mol. The molecule has 2 aromatic rings. The molecule has 5 heteroatoms. The Morgan fingerprint density at radius 1 is 1.19 bits per heavy atom. The highest BCUT2D eigenvalue weighted by Crippen LogP contribution is 2.30. The van der Waals surface area contributed by atoms with E-state index in [0.29, 0.717) is 17.1 Å². The van der Waals surface area contributed by atoms with Crippen LogP contribution in [0.5, 0.6) is 11.5 Å². The molecule has 0 unspecified atom stereocenters. The van der Waals surface area contributed by atoms with Crippen LogP contribution in [0.4, 0.5) is 4.39 Å². The second kappa shape index (κ2) is 7.29. The zero-order valence-electron chi connectivity index (χ0n) is 12.0. The van der Waals surface area contributed by atoms with Gasteiger partial charge in [-0.2, -0.15) is 0 Å². The Hall–Kier alpha value is -1.78. The van der Waals surface area contributed by atoms with Gasteiger partial charge in [-0.05, 0) is 30.8 Å². The van der Waals surface area contributed by atoms with Crippen LogP contribution in [0.25, 0.3) is 0 Å². The molecule has 2 aromatic carbocycles. The molecule has 0 aliphatic carbocycles. The second-order valence-corrected chi connectivity index (χ2v) is 4.90. The third kappa shape index (κ3) is 3.86. The van der Waals surface area contributed by atoms with Crippen LogP contribution in [0.2, 0.25) is 5.02 Å². The van der Waals surface area contributed by atoms with Gasteiger partial charge in [0.05, 0.1) is 12.1 Å². The highest BCUT2D eigenvalue weighted by atomic mass is 35.5. The van der Waals surface area contributed by atoms with Crippen molar-refractivity contribution >= 4 is 11.6 Å². The molecule has 0 fully saturated rings. The van der Waals surface area contributed by atoms with E-state index >= 15 is 0 Å². The summed E-state index contributed by atoms with van der Waals surface area (Å²) in [5.74, 6) is 0.779. The maximum Gasteiger partial charge on any atom is 0.161 e. The number of hydrogen-bond acceptors (Lipinski definition) is 3. The molecule has 0 spiro atoms. The van der Waals surface area contributed by atoms with Crippen LogP contribution < -0.4 is 14.8 Å². The predicted molar refractivity (Wildman–Crippen MR) is 81.5 cm³/mol. The normalized spacial score (nSPS) is 10.5. The fourth-order valence-electron chi connectivity index (χ4n) is 1.96. The Balaban J connectivity index is 2.18. The first-order valence-electron chi connectivity index (χ1n) is 6.53. The summed E-state index contributed by atoms with van der Waals surface area (Å²) in [5.41, 5.74) is 1.66. The number of rotatable bonds is 6. The zero-order valence-corrected chi connectivity index (χ0v) is 12.7. The lowest BCUT2D eigenvalue weighted by molar-refractivity contribution is 0.283. The van der Waals surface area contributed by atoms with Crippen molar-refractivity contribution in [1.82, 2.24) is 5.32 Å². The summed E-state index contributed by atoms with van der Waals surface area (Å²) in [4.78, 5) is 0. The lowest BCUT2D eigenvalue weighted by atomic mass is 10.2. The third-order valence-corrected chi connectivity index (χ3v) is 3.45. The molecule has 3 nitrogen and oxygen atoms in total. The molecule has 0 bridgehead atoms. The molecule has 0 saturated heterocycles. The van der Waals surface area contributed by atoms with Gasteiger partial charge in [0.2, 0.25) is 0 Å². The van der Waals surface area contributed by atoms with Gasteiger partial charge in [-0.3, -0.25) is 0 Å². The Labute approximate surface area is 128 Å². The van der Waals surface area contributed by atoms with Crippen molar-refractivity contribution in [2.45, 2.75) is 13.2 Å². The Kier molecular flexibility index (Phi) is 5.42. The average molecular weight is 310 g/mol. The van der Waals surface area contributed by atoms with Crippen molar-refractivity contribution in [3.05, 3.63) is 58.4 Å². The topological polar surface area (TPSA) is 30.5 Å². The van der Waals surface area contributed by atoms with Gasteiger partial charge in [-0.25, -0.2) is 4.39 Å². The lowest BCUT2D eigenvalue weighted by Crippen LogP contribution is -2.06. The van der Waals surface area contributed by atoms with Gasteiger partial charge in [0.15, 0.2) is 11.5 Å². The third-order valence-electron chi connectivity index (χ3n) is 3.02. The summed E-state index contributed by atoms with van der Waals surface area (Å²) in [5, 5.41) is 3.16. The van der Waals surface area contributed by atoms with Gasteiger partial charge < -0.3 is 14.8 Å². The Morgan fingerprint density at radius 2 is 2.00 bits per heavy atom. The van der Waals surface area contributed by atoms with Crippen LogP contribution in [0.3, 0.4) is 0 Å². The molecule has 0 saturated carbocycles. The fourth-order valence-corrected chi connectivity index (χ4v) is 2.14. The van der Waals surface area contributed by atoms with E-state index in [2.05, 4.69) is 5.32 Å². The Bertz CT molecular complexity index is 619. The van der Waals surface area contributed by atoms with E-state index in [1.807, 2.05) is 25.2 Å². The highest BCUT2D eigenvalue weighted by Gasteiger charge is 2.09. The SMILES string of the molecule is CNCc1ccc(OC)c(OCc2cccc(F)c2Cl)c1. The van der Waals surface area contributed by atoms with E-state index in [9.17, 15) is 4.39 Å². The molecule has 2 rings (SSSR count). The molecular formula is C16H17ClFNO2. The van der Waals surface area contributed by atoms with Crippen molar-refractivity contribution in [2.75, 3.05) is 14.2 Å². The molecule has 1 N–H and O–H groups in total. The predicted octanol–water partition coefficient (Wildman–Crippen LogP) is 3.79. The van der Waals surface area contributed by atoms with Crippen LogP contribution in [-0.4, -0.2) is 14.2 Å². The van der Waals surface area contributed by atoms with Gasteiger partial charge in [0.25, 0.3) is 0 Å². The van der Waals surface area contributed by atoms with Gasteiger partial charge in [-0.1, -0.05) is 29.8 Å². The molecule has 0 aromatic heterocycles. The maximum absolute atomic E-state index is 13.4. The van der Waals surface area contributed by atoms with Crippen LogP contribution in [0.15, 0.2) is 36.4 Å². The standard InChI is InChI=1S/C16H17ClFNO2/c1-19-9-11-6-7-14(20-2)15(8-11)21-10-12-4-3-5-13(18)16(12)17/h3-8,19H,9-10H2,1-2H3. The van der Waals surface area contributed by atoms with Crippen molar-refractivity contribution in [2.24, 2.45) is 0 Å². The first kappa shape index (κ1) is 15.6. The summed E-state index contributed by atoms with van der Waals surface area (Å²) in [6.07, 6.45) is 0. The first-order chi connectivity index (χ1) is 10.2. The minimum atomic E-state index is -0.450. The number of hydrogen-bond donors (Lipinski definition) is 1. The highest BCUT2D eigenvalue weighted by molar-refractivity contribution is 6.31. The minimum Gasteiger partial charge on any atom is -0.493 e. The zero-order chi connectivity index (χ0) is 15.2. The summed E-state index contributed by atoms with van der Waals surface area (Å²) >= 11 is 5.92. The average Bonchev–Trinajstić information content (AvgIpc) is 2.49. The lowest BCUT2D eigenvalue weighted by Gasteiger charge is -2.13. The second-order valence-electron chi connectivity index (χ2n) is 4.52. The molecule has 0 heterocycles. The number of methoxy groups -OCH3 is 1. The van der Waals surface area contributed by atoms with Gasteiger partial charge in [0, 0.05) is 12.1 Å². The largest absolute Gasteiger partial charge is 0.493 e. The minimum absolute atomic E-state index is 0.0860. The number of benzene rings is 2. The van der Waals surface area contributed by atoms with Crippen LogP contribution in [0, 0.1) is 5.82 Å². The van der Waals surface area contributed by atoms with E-state index in [-0.39, 0.29) is 11.6 Å². The van der Waals surface area contributed by atoms with Gasteiger partial charge >= 0.3 is 0 Å². The summed E-state index contributed by atoms with van der Waals surface area (Å²) in [7, 11) is 3.45. The van der Waals surface area contributed by atoms with Crippen molar-refractivity contribution < 1.29 is 13.9 Å². The molecule has 0 aliphatic heterocycles. The van der Waals surface area contributed by atoms with Crippen LogP contribution in [0.1, 0.15) is 11.1 Å². The molecule has 112 valence electrons. The van der Waals surface area contributed by atoms with Crippen LogP contribution in [-0.2, 0) is 13.2 Å². The number of halogens is 2. The number of ether oxygens (including phenoxy) is 2. The number of nitrogens with one attached hydrogen (secondary N) is 1. The van der Waals surface area contributed by atoms with E-state index < -0.39 is 5.82 Å². The summed E-state index contributed by atoms with van der Waals surface area (Å²) in [6.45, 7) is 0.900. The quantitative estimate of drug-likeness (QED) is 0.880. The van der Waals surface area contributed by atoms with E-state index in [1.165, 1.54) is 6.07 Å². The van der Waals surface area contributed by atoms with Crippen molar-refractivity contribution in [1.29, 1.82) is 0 Å². The molecule has 0 radical (unpaired) electrons. The first-order valence-corrected chi connectivity index (χ1v) is 6.90. The Morgan fingerprint density at radius 3 is 2.71 bits per heavy atom. The van der Waals surface area contributed by atoms with E-state index in [0.717, 1.165) is 12.1 Å². The van der Waals surface area contributed by atoms with Crippen LogP contribution >= 0.6 is 11.6 Å². The summed E-state index contributed by atoms with van der Waals surface area (Å²) < 4.78 is 24.4. The van der Waals surface area contributed by atoms with Gasteiger partial charge in [0.1, 0.15) is 12.4 Å². The van der Waals surface area contributed by atoms with Gasteiger partial charge in [-0.15, -0.1) is 0 Å². The summed E-state index contributed by atoms with van der Waals surface area (Å²) in [6, 6.07) is 10.3. The van der Waals surface area contributed by atoms with E-state index in [1.54, 1.807) is 19.2 Å². The smallest absolute Gasteiger partial charge is 0.161 e. The maximum atomic E-state index is 13.4. The van der Waals surface area contributed by atoms with Crippen molar-refractivity contribution in [3.63, 3.8) is 0 Å². The molecule has 0 atom stereocenters. The van der Waals surface area contributed by atoms with Crippen molar-refractivity contribution in [3.8, 4) is 11.5 Å². The molecule has 0 amide bonds. The fraction of sp³-hybridized carbons (Fsp3) is 0.250.